The van der Waals surface area contributed by atoms with Gasteiger partial charge in [0.1, 0.15) is 21.8 Å². The third-order valence-corrected chi connectivity index (χ3v) is 8.34. The lowest BCUT2D eigenvalue weighted by Crippen LogP contribution is -2.36. The average molecular weight is 537 g/mol. The quantitative estimate of drug-likeness (QED) is 0.393. The summed E-state index contributed by atoms with van der Waals surface area (Å²) in [4.78, 5) is 29.0. The molecule has 0 atom stereocenters. The Balaban J connectivity index is 1.56. The first kappa shape index (κ1) is 25.4. The number of rotatable bonds is 7. The molecule has 10 heteroatoms. The maximum absolute atomic E-state index is 13.4. The minimum absolute atomic E-state index is 0.0830. The minimum Gasteiger partial charge on any atom is -0.454 e. The number of pyridine rings is 1. The molecule has 3 aliphatic rings. The number of carbonyl (C=O) groups excluding carboxylic acids is 1. The second kappa shape index (κ2) is 10.6. The normalized spacial score (nSPS) is 18.2. The van der Waals surface area contributed by atoms with E-state index in [0.29, 0.717) is 57.2 Å². The van der Waals surface area contributed by atoms with Gasteiger partial charge in [0.05, 0.1) is 4.91 Å². The van der Waals surface area contributed by atoms with Gasteiger partial charge < -0.3 is 14.8 Å². The number of carbonyl (C=O) groups is 1. The van der Waals surface area contributed by atoms with Crippen molar-refractivity contribution in [1.82, 2.24) is 9.47 Å². The molecule has 5 rings (SSSR count). The van der Waals surface area contributed by atoms with E-state index >= 15 is 0 Å². The highest BCUT2D eigenvalue weighted by Gasteiger charge is 2.38. The van der Waals surface area contributed by atoms with Gasteiger partial charge in [-0.1, -0.05) is 49.8 Å². The molecule has 0 spiro atoms. The largest absolute Gasteiger partial charge is 0.454 e. The lowest BCUT2D eigenvalue weighted by Gasteiger charge is -2.22. The molecule has 192 valence electrons. The lowest BCUT2D eigenvalue weighted by atomic mass is 10.0. The van der Waals surface area contributed by atoms with Gasteiger partial charge in [0.25, 0.3) is 11.5 Å². The predicted octanol–water partition coefficient (Wildman–Crippen LogP) is 4.92. The number of thiocarbonyl (C=S) groups is 1. The second-order valence-corrected chi connectivity index (χ2v) is 11.0. The fourth-order valence-electron chi connectivity index (χ4n) is 5.12. The average Bonchev–Trinajstić information content (AvgIpc) is 3.63. The van der Waals surface area contributed by atoms with Crippen LogP contribution < -0.4 is 20.3 Å². The van der Waals surface area contributed by atoms with E-state index in [2.05, 4.69) is 11.4 Å². The molecule has 2 aromatic rings. The molecule has 1 amide bonds. The summed E-state index contributed by atoms with van der Waals surface area (Å²) < 4.78 is 13.1. The van der Waals surface area contributed by atoms with Crippen molar-refractivity contribution in [2.75, 3.05) is 12.1 Å². The highest BCUT2D eigenvalue weighted by atomic mass is 32.2. The van der Waals surface area contributed by atoms with Gasteiger partial charge in [-0.3, -0.25) is 19.1 Å². The molecular weight excluding hydrogens is 508 g/mol. The smallest absolute Gasteiger partial charge is 0.270 e. The standard InChI is InChI=1S/C27H28N4O4S2/c1-3-10-30-24(29-14-17-8-9-21-22(11-17)35-15-34-21)19(16(2)20(13-28)25(30)32)12-23-26(33)31(27(36)37-23)18-6-4-5-7-18/h8-9,11-12,18,29H,3-7,10,14-15H2,1-2H3/b23-12+. The summed E-state index contributed by atoms with van der Waals surface area (Å²) in [6.45, 7) is 4.77. The van der Waals surface area contributed by atoms with Gasteiger partial charge in [-0.25, -0.2) is 0 Å². The number of amides is 1. The SMILES string of the molecule is CCCn1c(NCc2ccc3c(c2)OCO3)c(/C=C2/SC(=S)N(C3CCCC3)C2=O)c(C)c(C#N)c1=O. The van der Waals surface area contributed by atoms with Crippen LogP contribution in [0.15, 0.2) is 27.9 Å². The summed E-state index contributed by atoms with van der Waals surface area (Å²) >= 11 is 6.87. The van der Waals surface area contributed by atoms with E-state index in [1.165, 1.54) is 11.8 Å². The molecular formula is C27H28N4O4S2. The van der Waals surface area contributed by atoms with Crippen molar-refractivity contribution in [2.24, 2.45) is 0 Å². The summed E-state index contributed by atoms with van der Waals surface area (Å²) in [5.74, 6) is 1.85. The molecule has 1 aromatic carbocycles. The maximum atomic E-state index is 13.4. The summed E-state index contributed by atoms with van der Waals surface area (Å²) in [7, 11) is 0. The number of ether oxygens (including phenoxy) is 2. The van der Waals surface area contributed by atoms with Crippen LogP contribution in [-0.4, -0.2) is 32.5 Å². The molecule has 0 radical (unpaired) electrons. The van der Waals surface area contributed by atoms with Gasteiger partial charge in [0.2, 0.25) is 6.79 Å². The fourth-order valence-corrected chi connectivity index (χ4v) is 6.50. The molecule has 0 unspecified atom stereocenters. The number of hydrogen-bond donors (Lipinski definition) is 1. The second-order valence-electron chi connectivity index (χ2n) is 9.36. The number of nitrogens with zero attached hydrogens (tertiary/aromatic N) is 3. The third-order valence-electron chi connectivity index (χ3n) is 7.01. The molecule has 2 aliphatic heterocycles. The molecule has 1 saturated carbocycles. The first-order valence-electron chi connectivity index (χ1n) is 12.5. The summed E-state index contributed by atoms with van der Waals surface area (Å²) in [5, 5.41) is 13.2. The Morgan fingerprint density at radius 1 is 1.24 bits per heavy atom. The highest BCUT2D eigenvalue weighted by molar-refractivity contribution is 8.26. The first-order chi connectivity index (χ1) is 17.9. The van der Waals surface area contributed by atoms with Gasteiger partial charge in [-0.05, 0) is 55.5 Å². The first-order valence-corrected chi connectivity index (χ1v) is 13.7. The Hall–Kier alpha value is -3.29. The van der Waals surface area contributed by atoms with Crippen LogP contribution in [0.2, 0.25) is 0 Å². The Bertz CT molecular complexity index is 1400. The van der Waals surface area contributed by atoms with Crippen molar-refractivity contribution in [1.29, 1.82) is 5.26 Å². The Morgan fingerprint density at radius 3 is 2.73 bits per heavy atom. The fraction of sp³-hybridized carbons (Fsp3) is 0.407. The number of aromatic nitrogens is 1. The van der Waals surface area contributed by atoms with Crippen LogP contribution in [0.25, 0.3) is 6.08 Å². The van der Waals surface area contributed by atoms with Crippen molar-refractivity contribution in [3.05, 3.63) is 55.7 Å². The molecule has 1 saturated heterocycles. The molecule has 1 aromatic heterocycles. The van der Waals surface area contributed by atoms with E-state index in [0.717, 1.165) is 31.2 Å². The van der Waals surface area contributed by atoms with Crippen LogP contribution >= 0.6 is 24.0 Å². The van der Waals surface area contributed by atoms with Crippen LogP contribution in [0.4, 0.5) is 5.82 Å². The highest BCUT2D eigenvalue weighted by Crippen LogP contribution is 2.39. The zero-order valence-electron chi connectivity index (χ0n) is 20.8. The summed E-state index contributed by atoms with van der Waals surface area (Å²) in [6.07, 6.45) is 6.61. The number of thioether (sulfide) groups is 1. The van der Waals surface area contributed by atoms with Crippen LogP contribution in [0, 0.1) is 18.3 Å². The van der Waals surface area contributed by atoms with E-state index in [1.807, 2.05) is 25.1 Å². The van der Waals surface area contributed by atoms with Gasteiger partial charge in [-0.15, -0.1) is 0 Å². The van der Waals surface area contributed by atoms with Crippen LogP contribution in [0.1, 0.15) is 61.3 Å². The van der Waals surface area contributed by atoms with E-state index in [1.54, 1.807) is 22.5 Å². The number of fused-ring (bicyclic) bond motifs is 1. The Labute approximate surface area is 225 Å². The number of nitrogens with one attached hydrogen (secondary N) is 1. The van der Waals surface area contributed by atoms with Crippen molar-refractivity contribution in [2.45, 2.75) is 65.1 Å². The number of benzene rings is 1. The van der Waals surface area contributed by atoms with Gasteiger partial charge >= 0.3 is 0 Å². The third kappa shape index (κ3) is 4.74. The zero-order valence-corrected chi connectivity index (χ0v) is 22.5. The van der Waals surface area contributed by atoms with E-state index < -0.39 is 0 Å². The summed E-state index contributed by atoms with van der Waals surface area (Å²) in [5.41, 5.74) is 1.88. The molecule has 2 fully saturated rings. The molecule has 0 bridgehead atoms. The minimum atomic E-state index is -0.342. The Morgan fingerprint density at radius 2 is 2.00 bits per heavy atom. The van der Waals surface area contributed by atoms with Crippen molar-refractivity contribution in [3.8, 4) is 17.6 Å². The molecule has 3 heterocycles. The summed E-state index contributed by atoms with van der Waals surface area (Å²) in [6, 6.07) is 7.93. The molecule has 1 N–H and O–H groups in total. The Kier molecular flexibility index (Phi) is 7.26. The number of hydrogen-bond acceptors (Lipinski definition) is 8. The number of anilines is 1. The lowest BCUT2D eigenvalue weighted by molar-refractivity contribution is -0.123. The van der Waals surface area contributed by atoms with Crippen LogP contribution in [-0.2, 0) is 17.9 Å². The zero-order chi connectivity index (χ0) is 26.1. The van der Waals surface area contributed by atoms with Gasteiger partial charge in [0.15, 0.2) is 11.5 Å². The van der Waals surface area contributed by atoms with Crippen molar-refractivity contribution >= 4 is 46.1 Å². The maximum Gasteiger partial charge on any atom is 0.270 e. The van der Waals surface area contributed by atoms with Crippen LogP contribution in [0.3, 0.4) is 0 Å². The monoisotopic (exact) mass is 536 g/mol. The van der Waals surface area contributed by atoms with Crippen molar-refractivity contribution < 1.29 is 14.3 Å². The van der Waals surface area contributed by atoms with E-state index in [9.17, 15) is 14.9 Å². The topological polar surface area (TPSA) is 96.6 Å². The van der Waals surface area contributed by atoms with Crippen LogP contribution in [0.5, 0.6) is 11.5 Å². The van der Waals surface area contributed by atoms with E-state index in [4.69, 9.17) is 21.7 Å². The molecule has 37 heavy (non-hydrogen) atoms. The predicted molar refractivity (Wildman–Crippen MR) is 148 cm³/mol. The molecule has 1 aliphatic carbocycles. The molecule has 8 nitrogen and oxygen atoms in total. The number of nitriles is 1. The van der Waals surface area contributed by atoms with Crippen molar-refractivity contribution in [3.63, 3.8) is 0 Å². The van der Waals surface area contributed by atoms with Gasteiger partial charge in [0, 0.05) is 24.7 Å². The van der Waals surface area contributed by atoms with E-state index in [-0.39, 0.29) is 29.9 Å². The van der Waals surface area contributed by atoms with Gasteiger partial charge in [-0.2, -0.15) is 5.26 Å².